The predicted octanol–water partition coefficient (Wildman–Crippen LogP) is 1.21. The minimum atomic E-state index is -0.510. The molecule has 0 saturated carbocycles. The number of rotatable bonds is 2. The van der Waals surface area contributed by atoms with Gasteiger partial charge in [-0.3, -0.25) is 10.1 Å². The van der Waals surface area contributed by atoms with Crippen LogP contribution in [0.2, 0.25) is 5.15 Å². The number of nitrogens with zero attached hydrogens (tertiary/aromatic N) is 3. The Morgan fingerprint density at radius 2 is 2.38 bits per heavy atom. The third-order valence-corrected chi connectivity index (χ3v) is 2.66. The highest BCUT2D eigenvalue weighted by Crippen LogP contribution is 2.25. The van der Waals surface area contributed by atoms with Crippen molar-refractivity contribution in [3.63, 3.8) is 0 Å². The summed E-state index contributed by atoms with van der Waals surface area (Å²) in [5, 5.41) is 20.1. The molecule has 1 aliphatic rings. The van der Waals surface area contributed by atoms with Crippen LogP contribution in [-0.4, -0.2) is 34.2 Å². The molecule has 1 aliphatic heterocycles. The lowest BCUT2D eigenvalue weighted by Gasteiger charge is -2.16. The Balaban J connectivity index is 2.30. The average Bonchev–Trinajstić information content (AvgIpc) is 2.64. The van der Waals surface area contributed by atoms with Gasteiger partial charge in [-0.2, -0.15) is 0 Å². The zero-order valence-electron chi connectivity index (χ0n) is 8.34. The Bertz CT molecular complexity index is 426. The van der Waals surface area contributed by atoms with E-state index < -0.39 is 11.0 Å². The van der Waals surface area contributed by atoms with Crippen LogP contribution in [0.5, 0.6) is 0 Å². The Kier molecular flexibility index (Phi) is 2.93. The predicted molar refractivity (Wildman–Crippen MR) is 58.7 cm³/mol. The van der Waals surface area contributed by atoms with E-state index in [1.54, 1.807) is 4.90 Å². The van der Waals surface area contributed by atoms with Crippen LogP contribution in [0, 0.1) is 10.1 Å². The summed E-state index contributed by atoms with van der Waals surface area (Å²) in [7, 11) is 0. The zero-order chi connectivity index (χ0) is 11.7. The van der Waals surface area contributed by atoms with Crippen molar-refractivity contribution in [2.24, 2.45) is 0 Å². The fourth-order valence-corrected chi connectivity index (χ4v) is 1.89. The van der Waals surface area contributed by atoms with Crippen LogP contribution in [0.1, 0.15) is 6.42 Å². The van der Waals surface area contributed by atoms with Crippen molar-refractivity contribution in [1.29, 1.82) is 0 Å². The van der Waals surface area contributed by atoms with E-state index in [9.17, 15) is 15.2 Å². The van der Waals surface area contributed by atoms with Crippen LogP contribution < -0.4 is 4.90 Å². The maximum Gasteiger partial charge on any atom is 0.276 e. The molecular weight excluding hydrogens is 234 g/mol. The van der Waals surface area contributed by atoms with Gasteiger partial charge in [-0.1, -0.05) is 11.6 Å². The standard InChI is InChI=1S/C9H10ClN3O3/c10-8-3-6(13(15)16)4-9(11-8)12-2-1-7(14)5-12/h3-4,7,14H,1-2,5H2. The number of halogens is 1. The summed E-state index contributed by atoms with van der Waals surface area (Å²) in [6, 6.07) is 2.57. The van der Waals surface area contributed by atoms with Gasteiger partial charge in [0.2, 0.25) is 0 Å². The Hall–Kier alpha value is -1.40. The lowest BCUT2D eigenvalue weighted by molar-refractivity contribution is -0.384. The highest BCUT2D eigenvalue weighted by atomic mass is 35.5. The van der Waals surface area contributed by atoms with Crippen LogP contribution in [0.4, 0.5) is 11.5 Å². The first-order chi connectivity index (χ1) is 7.56. The number of aliphatic hydroxyl groups is 1. The monoisotopic (exact) mass is 243 g/mol. The topological polar surface area (TPSA) is 79.5 Å². The summed E-state index contributed by atoms with van der Waals surface area (Å²) < 4.78 is 0. The number of nitro groups is 1. The molecule has 6 nitrogen and oxygen atoms in total. The molecule has 1 fully saturated rings. The van der Waals surface area contributed by atoms with Gasteiger partial charge in [0.25, 0.3) is 5.69 Å². The molecular formula is C9H10ClN3O3. The lowest BCUT2D eigenvalue weighted by Crippen LogP contribution is -2.22. The molecule has 0 aliphatic carbocycles. The molecule has 0 radical (unpaired) electrons. The SMILES string of the molecule is O=[N+]([O-])c1cc(Cl)nc(N2CCC(O)C2)c1. The zero-order valence-corrected chi connectivity index (χ0v) is 9.09. The number of aromatic nitrogens is 1. The van der Waals surface area contributed by atoms with E-state index in [-0.39, 0.29) is 10.8 Å². The molecule has 7 heteroatoms. The first-order valence-electron chi connectivity index (χ1n) is 4.81. The van der Waals surface area contributed by atoms with Crippen molar-refractivity contribution in [2.75, 3.05) is 18.0 Å². The molecule has 86 valence electrons. The van der Waals surface area contributed by atoms with Crippen molar-refractivity contribution in [3.05, 3.63) is 27.4 Å². The summed E-state index contributed by atoms with van der Waals surface area (Å²) in [5.74, 6) is 0.441. The lowest BCUT2D eigenvalue weighted by atomic mass is 10.3. The Labute approximate surface area is 96.6 Å². The van der Waals surface area contributed by atoms with E-state index >= 15 is 0 Å². The van der Waals surface area contributed by atoms with Gasteiger partial charge in [0, 0.05) is 13.1 Å². The fraction of sp³-hybridized carbons (Fsp3) is 0.444. The average molecular weight is 244 g/mol. The molecule has 0 amide bonds. The second-order valence-electron chi connectivity index (χ2n) is 3.65. The van der Waals surface area contributed by atoms with Crippen molar-refractivity contribution < 1.29 is 10.0 Å². The minimum Gasteiger partial charge on any atom is -0.391 e. The van der Waals surface area contributed by atoms with Crippen molar-refractivity contribution >= 4 is 23.1 Å². The molecule has 1 atom stereocenters. The summed E-state index contributed by atoms with van der Waals surface area (Å²) in [6.07, 6.45) is 0.238. The third kappa shape index (κ3) is 2.23. The molecule has 1 aromatic rings. The van der Waals surface area contributed by atoms with Gasteiger partial charge >= 0.3 is 0 Å². The number of hydrogen-bond acceptors (Lipinski definition) is 5. The fourth-order valence-electron chi connectivity index (χ4n) is 1.69. The maximum absolute atomic E-state index is 10.6. The second-order valence-corrected chi connectivity index (χ2v) is 4.04. The van der Waals surface area contributed by atoms with E-state index in [1.807, 2.05) is 0 Å². The maximum atomic E-state index is 10.6. The summed E-state index contributed by atoms with van der Waals surface area (Å²) >= 11 is 5.70. The molecule has 2 heterocycles. The van der Waals surface area contributed by atoms with E-state index in [4.69, 9.17) is 11.6 Å². The van der Waals surface area contributed by atoms with Gasteiger partial charge in [0.05, 0.1) is 23.2 Å². The molecule has 0 spiro atoms. The number of aliphatic hydroxyl groups excluding tert-OH is 1. The van der Waals surface area contributed by atoms with E-state index in [1.165, 1.54) is 12.1 Å². The van der Waals surface area contributed by atoms with E-state index in [0.717, 1.165) is 0 Å². The number of β-amino-alcohol motifs (C(OH)–C–C–N with tert-alkyl or cyclic N) is 1. The van der Waals surface area contributed by atoms with Crippen molar-refractivity contribution in [1.82, 2.24) is 4.98 Å². The number of anilines is 1. The van der Waals surface area contributed by atoms with Gasteiger partial charge < -0.3 is 10.0 Å². The first kappa shape index (κ1) is 11.1. The van der Waals surface area contributed by atoms with Gasteiger partial charge in [0.1, 0.15) is 11.0 Å². The quantitative estimate of drug-likeness (QED) is 0.480. The van der Waals surface area contributed by atoms with Crippen LogP contribution in [-0.2, 0) is 0 Å². The van der Waals surface area contributed by atoms with Crippen LogP contribution in [0.15, 0.2) is 12.1 Å². The molecule has 1 unspecified atom stereocenters. The smallest absolute Gasteiger partial charge is 0.276 e. The normalized spacial score (nSPS) is 20.1. The van der Waals surface area contributed by atoms with Crippen LogP contribution in [0.3, 0.4) is 0 Å². The van der Waals surface area contributed by atoms with Crippen LogP contribution >= 0.6 is 11.6 Å². The third-order valence-electron chi connectivity index (χ3n) is 2.46. The number of hydrogen-bond donors (Lipinski definition) is 1. The van der Waals surface area contributed by atoms with Gasteiger partial charge in [-0.05, 0) is 6.42 Å². The summed E-state index contributed by atoms with van der Waals surface area (Å²) in [5.41, 5.74) is -0.0867. The van der Waals surface area contributed by atoms with Crippen molar-refractivity contribution in [2.45, 2.75) is 12.5 Å². The highest BCUT2D eigenvalue weighted by Gasteiger charge is 2.23. The second kappa shape index (κ2) is 4.23. The van der Waals surface area contributed by atoms with Crippen molar-refractivity contribution in [3.8, 4) is 0 Å². The highest BCUT2D eigenvalue weighted by molar-refractivity contribution is 6.29. The molecule has 0 bridgehead atoms. The van der Waals surface area contributed by atoms with Crippen LogP contribution in [0.25, 0.3) is 0 Å². The molecule has 2 rings (SSSR count). The minimum absolute atomic E-state index is 0.0867. The summed E-state index contributed by atoms with van der Waals surface area (Å²) in [4.78, 5) is 15.9. The van der Waals surface area contributed by atoms with E-state index in [2.05, 4.69) is 4.98 Å². The van der Waals surface area contributed by atoms with Gasteiger partial charge in [-0.15, -0.1) is 0 Å². The van der Waals surface area contributed by atoms with E-state index in [0.29, 0.717) is 25.3 Å². The van der Waals surface area contributed by atoms with Gasteiger partial charge in [-0.25, -0.2) is 4.98 Å². The Morgan fingerprint density at radius 3 is 2.94 bits per heavy atom. The summed E-state index contributed by atoms with van der Waals surface area (Å²) in [6.45, 7) is 1.07. The van der Waals surface area contributed by atoms with Gasteiger partial charge in [0.15, 0.2) is 0 Å². The molecule has 1 saturated heterocycles. The molecule has 0 aromatic carbocycles. The molecule has 16 heavy (non-hydrogen) atoms. The number of pyridine rings is 1. The first-order valence-corrected chi connectivity index (χ1v) is 5.19. The Morgan fingerprint density at radius 1 is 1.62 bits per heavy atom. The molecule has 1 aromatic heterocycles. The largest absolute Gasteiger partial charge is 0.391 e. The molecule has 1 N–H and O–H groups in total.